The Kier molecular flexibility index (Phi) is 10.1. The van der Waals surface area contributed by atoms with Crippen LogP contribution in [0.2, 0.25) is 0 Å². The number of fused-ring (bicyclic) bond motifs is 3. The van der Waals surface area contributed by atoms with E-state index in [1.54, 1.807) is 6.07 Å². The average Bonchev–Trinajstić information content (AvgIpc) is 3.54. The van der Waals surface area contributed by atoms with Gasteiger partial charge in [0.15, 0.2) is 11.6 Å². The van der Waals surface area contributed by atoms with E-state index in [4.69, 9.17) is 14.6 Å². The monoisotopic (exact) mass is 605 g/mol. The fraction of sp³-hybridized carbons (Fsp3) is 0.457. The Bertz CT molecular complexity index is 1440. The third-order valence-corrected chi connectivity index (χ3v) is 9.05. The zero-order valence-electron chi connectivity index (χ0n) is 25.0. The molecular formula is C35H40FNO7. The van der Waals surface area contributed by atoms with Crippen LogP contribution in [0.5, 0.6) is 11.5 Å². The molecule has 3 aliphatic rings. The summed E-state index contributed by atoms with van der Waals surface area (Å²) in [5, 5.41) is 18.4. The van der Waals surface area contributed by atoms with E-state index in [1.807, 2.05) is 43.3 Å². The Morgan fingerprint density at radius 2 is 1.86 bits per heavy atom. The van der Waals surface area contributed by atoms with Gasteiger partial charge in [-0.3, -0.25) is 19.3 Å². The number of carboxylic acids is 1. The fourth-order valence-electron chi connectivity index (χ4n) is 6.82. The number of para-hydroxylation sites is 1. The van der Waals surface area contributed by atoms with Crippen LogP contribution in [-0.2, 0) is 19.1 Å². The Hall–Kier alpha value is -3.98. The van der Waals surface area contributed by atoms with Crippen molar-refractivity contribution < 1.29 is 38.5 Å². The summed E-state index contributed by atoms with van der Waals surface area (Å²) < 4.78 is 26.4. The minimum atomic E-state index is -0.847. The number of benzene rings is 2. The van der Waals surface area contributed by atoms with Crippen LogP contribution in [0, 0.1) is 23.6 Å². The van der Waals surface area contributed by atoms with Crippen LogP contribution in [0.4, 0.5) is 4.39 Å². The van der Waals surface area contributed by atoms with Gasteiger partial charge in [-0.2, -0.15) is 0 Å². The van der Waals surface area contributed by atoms with Gasteiger partial charge in [-0.05, 0) is 79.5 Å². The number of carboxylic acid groups (broad SMARTS) is 1. The smallest absolute Gasteiger partial charge is 0.303 e. The van der Waals surface area contributed by atoms with Crippen molar-refractivity contribution in [3.63, 3.8) is 0 Å². The van der Waals surface area contributed by atoms with Gasteiger partial charge in [-0.25, -0.2) is 4.39 Å². The number of ether oxygens (including phenoxy) is 2. The first-order valence-corrected chi connectivity index (χ1v) is 15.5. The molecule has 0 spiro atoms. The summed E-state index contributed by atoms with van der Waals surface area (Å²) in [5.74, 6) is -2.61. The molecule has 0 aromatic heterocycles. The molecular weight excluding hydrogens is 565 g/mol. The Balaban J connectivity index is 1.34. The number of phenolic OH excluding ortho intramolecular Hbond substituents is 1. The summed E-state index contributed by atoms with van der Waals surface area (Å²) >= 11 is 0. The molecule has 0 unspecified atom stereocenters. The highest BCUT2D eigenvalue weighted by atomic mass is 19.1. The maximum Gasteiger partial charge on any atom is 0.303 e. The molecule has 0 saturated carbocycles. The summed E-state index contributed by atoms with van der Waals surface area (Å²) in [6.07, 6.45) is 6.09. The molecule has 2 amide bonds. The summed E-state index contributed by atoms with van der Waals surface area (Å²) in [4.78, 5) is 39.4. The summed E-state index contributed by atoms with van der Waals surface area (Å²) in [5.41, 5.74) is 3.87. The number of halogens is 1. The summed E-state index contributed by atoms with van der Waals surface area (Å²) in [6.45, 7) is 3.01. The first kappa shape index (κ1) is 31.4. The van der Waals surface area contributed by atoms with Gasteiger partial charge in [0.2, 0.25) is 11.8 Å². The van der Waals surface area contributed by atoms with Gasteiger partial charge < -0.3 is 19.7 Å². The molecule has 2 saturated heterocycles. The van der Waals surface area contributed by atoms with Crippen molar-refractivity contribution >= 4 is 23.9 Å². The van der Waals surface area contributed by atoms with Crippen LogP contribution in [0.1, 0.15) is 63.9 Å². The lowest BCUT2D eigenvalue weighted by molar-refractivity contribution is -0.141. The standard InChI is InChI=1S/C35H40FNO7/c1-2-22(17-23-12-14-29(38)28(36)18-23)13-15-30-32-24(20-43-25-9-5-3-6-10-25)19-26-33(27(32)21-44-30)35(42)37(34(26)41)16-8-4-7-11-31(39)40/h3,5-6,9-10,12,14,17-18,26-27,30,33,38H,2,4,7-8,11,13,15-16,19-21H2,1H3,(H,39,40)/b22-17+/t26-,27+,30-,33-/m1/s1. The molecule has 0 radical (unpaired) electrons. The number of hydrogen-bond acceptors (Lipinski definition) is 6. The zero-order chi connectivity index (χ0) is 31.2. The molecule has 2 N–H and O–H groups in total. The second kappa shape index (κ2) is 14.2. The summed E-state index contributed by atoms with van der Waals surface area (Å²) in [7, 11) is 0. The number of phenols is 1. The molecule has 234 valence electrons. The van der Waals surface area contributed by atoms with Crippen LogP contribution in [-0.4, -0.2) is 58.8 Å². The van der Waals surface area contributed by atoms with Crippen LogP contribution in [0.25, 0.3) is 6.08 Å². The first-order valence-electron chi connectivity index (χ1n) is 15.5. The number of aromatic hydroxyl groups is 1. The van der Waals surface area contributed by atoms with Gasteiger partial charge in [0.25, 0.3) is 0 Å². The molecule has 5 rings (SSSR count). The number of carbonyl (C=O) groups is 3. The maximum absolute atomic E-state index is 13.9. The number of unbranched alkanes of at least 4 members (excludes halogenated alkanes) is 2. The van der Waals surface area contributed by atoms with E-state index in [9.17, 15) is 23.9 Å². The first-order chi connectivity index (χ1) is 21.3. The average molecular weight is 606 g/mol. The van der Waals surface area contributed by atoms with E-state index in [-0.39, 0.29) is 36.0 Å². The van der Waals surface area contributed by atoms with Gasteiger partial charge in [-0.1, -0.05) is 49.3 Å². The van der Waals surface area contributed by atoms with Crippen molar-refractivity contribution in [2.45, 2.75) is 64.4 Å². The van der Waals surface area contributed by atoms with Gasteiger partial charge in [0, 0.05) is 18.9 Å². The van der Waals surface area contributed by atoms with Crippen LogP contribution in [0.15, 0.2) is 65.3 Å². The highest BCUT2D eigenvalue weighted by molar-refractivity contribution is 6.06. The molecule has 0 bridgehead atoms. The maximum atomic E-state index is 13.9. The van der Waals surface area contributed by atoms with Crippen molar-refractivity contribution in [2.24, 2.45) is 17.8 Å². The Labute approximate surface area is 257 Å². The normalized spacial score (nSPS) is 23.2. The minimum absolute atomic E-state index is 0.0762. The quantitative estimate of drug-likeness (QED) is 0.151. The molecule has 2 aromatic carbocycles. The third kappa shape index (κ3) is 7.04. The molecule has 9 heteroatoms. The largest absolute Gasteiger partial charge is 0.505 e. The SMILES string of the molecule is CC/C(=C\c1ccc(O)c(F)c1)CC[C@H]1OC[C@H]2C1=C(COc1ccccc1)C[C@H]1C(=O)N(CCCCCC(=O)O)C(=O)[C@H]12. The zero-order valence-corrected chi connectivity index (χ0v) is 25.0. The predicted octanol–water partition coefficient (Wildman–Crippen LogP) is 6.15. The number of aliphatic carboxylic acids is 1. The fourth-order valence-corrected chi connectivity index (χ4v) is 6.82. The lowest BCUT2D eigenvalue weighted by Gasteiger charge is -2.31. The van der Waals surface area contributed by atoms with Crippen LogP contribution >= 0.6 is 0 Å². The van der Waals surface area contributed by atoms with E-state index in [2.05, 4.69) is 0 Å². The van der Waals surface area contributed by atoms with E-state index >= 15 is 0 Å². The number of carbonyl (C=O) groups excluding carboxylic acids is 2. The Morgan fingerprint density at radius 1 is 1.07 bits per heavy atom. The van der Waals surface area contributed by atoms with Gasteiger partial charge >= 0.3 is 5.97 Å². The van der Waals surface area contributed by atoms with Crippen molar-refractivity contribution in [1.29, 1.82) is 0 Å². The highest BCUT2D eigenvalue weighted by Gasteiger charge is 2.56. The molecule has 2 aliphatic heterocycles. The molecule has 2 heterocycles. The van der Waals surface area contributed by atoms with Crippen molar-refractivity contribution in [3.05, 3.63) is 76.6 Å². The number of amides is 2. The number of imide groups is 1. The van der Waals surface area contributed by atoms with Gasteiger partial charge in [0.1, 0.15) is 12.4 Å². The highest BCUT2D eigenvalue weighted by Crippen LogP contribution is 2.50. The van der Waals surface area contributed by atoms with Gasteiger partial charge in [-0.15, -0.1) is 0 Å². The molecule has 4 atom stereocenters. The number of hydrogen-bond donors (Lipinski definition) is 2. The van der Waals surface area contributed by atoms with Gasteiger partial charge in [0.05, 0.1) is 24.5 Å². The van der Waals surface area contributed by atoms with Crippen molar-refractivity contribution in [1.82, 2.24) is 4.90 Å². The minimum Gasteiger partial charge on any atom is -0.505 e. The molecule has 8 nitrogen and oxygen atoms in total. The second-order valence-corrected chi connectivity index (χ2v) is 11.9. The van der Waals surface area contributed by atoms with Crippen molar-refractivity contribution in [3.8, 4) is 11.5 Å². The number of rotatable bonds is 14. The number of likely N-dealkylation sites (tertiary alicyclic amines) is 1. The van der Waals surface area contributed by atoms with E-state index in [0.29, 0.717) is 63.8 Å². The second-order valence-electron chi connectivity index (χ2n) is 11.9. The lowest BCUT2D eigenvalue weighted by atomic mass is 9.69. The van der Waals surface area contributed by atoms with Crippen LogP contribution in [0.3, 0.4) is 0 Å². The molecule has 2 fully saturated rings. The van der Waals surface area contributed by atoms with E-state index < -0.39 is 23.6 Å². The van der Waals surface area contributed by atoms with E-state index in [1.165, 1.54) is 17.0 Å². The third-order valence-electron chi connectivity index (χ3n) is 9.05. The topological polar surface area (TPSA) is 113 Å². The van der Waals surface area contributed by atoms with Crippen LogP contribution < -0.4 is 4.74 Å². The predicted molar refractivity (Wildman–Crippen MR) is 162 cm³/mol. The lowest BCUT2D eigenvalue weighted by Crippen LogP contribution is -2.35. The molecule has 1 aliphatic carbocycles. The Morgan fingerprint density at radius 3 is 2.59 bits per heavy atom. The van der Waals surface area contributed by atoms with Crippen molar-refractivity contribution in [2.75, 3.05) is 19.8 Å². The number of nitrogens with zero attached hydrogens (tertiary/aromatic N) is 1. The molecule has 2 aromatic rings. The van der Waals surface area contributed by atoms with E-state index in [0.717, 1.165) is 28.9 Å². The molecule has 44 heavy (non-hydrogen) atoms. The summed E-state index contributed by atoms with van der Waals surface area (Å²) in [6, 6.07) is 13.8. The number of allylic oxidation sites excluding steroid dienone is 1.